The third-order valence-corrected chi connectivity index (χ3v) is 2.84. The Hall–Kier alpha value is -1.78. The highest BCUT2D eigenvalue weighted by Gasteiger charge is 2.04. The number of nitrogens with zero attached hydrogens (tertiary/aromatic N) is 1. The Bertz CT molecular complexity index is 561. The van der Waals surface area contributed by atoms with Crippen LogP contribution < -0.4 is 10.6 Å². The minimum Gasteiger partial charge on any atom is -0.308 e. The standard InChI is InChI=1S/C12H9Cl2N3O/c13-10-4-3-8(6-11(10)14)16-12(18)17-9-2-1-5-15-7-9/h1-7H,(H2,16,17,18). The molecule has 2 N–H and O–H groups in total. The fourth-order valence-electron chi connectivity index (χ4n) is 1.30. The smallest absolute Gasteiger partial charge is 0.308 e. The van der Waals surface area contributed by atoms with Crippen LogP contribution in [0.4, 0.5) is 16.2 Å². The maximum absolute atomic E-state index is 11.7. The lowest BCUT2D eigenvalue weighted by Crippen LogP contribution is -2.19. The first-order valence-electron chi connectivity index (χ1n) is 5.08. The number of hydrogen-bond acceptors (Lipinski definition) is 2. The van der Waals surface area contributed by atoms with Crippen LogP contribution >= 0.6 is 23.2 Å². The van der Waals surface area contributed by atoms with Gasteiger partial charge in [-0.05, 0) is 30.3 Å². The summed E-state index contributed by atoms with van der Waals surface area (Å²) in [5, 5.41) is 6.10. The van der Waals surface area contributed by atoms with Crippen molar-refractivity contribution in [2.45, 2.75) is 0 Å². The number of carbonyl (C=O) groups excluding carboxylic acids is 1. The molecule has 0 atom stereocenters. The molecule has 0 radical (unpaired) electrons. The number of carbonyl (C=O) groups is 1. The highest BCUT2D eigenvalue weighted by Crippen LogP contribution is 2.25. The molecule has 0 fully saturated rings. The molecule has 1 heterocycles. The van der Waals surface area contributed by atoms with Gasteiger partial charge in [0.2, 0.25) is 0 Å². The number of nitrogens with one attached hydrogen (secondary N) is 2. The number of amides is 2. The molecule has 2 amide bonds. The summed E-state index contributed by atoms with van der Waals surface area (Å²) in [5.41, 5.74) is 1.17. The number of rotatable bonds is 2. The van der Waals surface area contributed by atoms with E-state index in [0.29, 0.717) is 21.4 Å². The second-order valence-corrected chi connectivity index (χ2v) is 4.26. The minimum absolute atomic E-state index is 0.374. The van der Waals surface area contributed by atoms with E-state index >= 15 is 0 Å². The minimum atomic E-state index is -0.374. The normalized spacial score (nSPS) is 9.89. The van der Waals surface area contributed by atoms with E-state index in [1.807, 2.05) is 0 Å². The summed E-state index contributed by atoms with van der Waals surface area (Å²) in [5.74, 6) is 0. The molecule has 0 saturated heterocycles. The van der Waals surface area contributed by atoms with Gasteiger partial charge in [-0.25, -0.2) is 4.79 Å². The quantitative estimate of drug-likeness (QED) is 0.873. The Balaban J connectivity index is 2.01. The summed E-state index contributed by atoms with van der Waals surface area (Å²) >= 11 is 11.6. The topological polar surface area (TPSA) is 54.0 Å². The van der Waals surface area contributed by atoms with Gasteiger partial charge in [0.05, 0.1) is 21.9 Å². The van der Waals surface area contributed by atoms with Crippen molar-refractivity contribution in [3.63, 3.8) is 0 Å². The van der Waals surface area contributed by atoms with E-state index in [9.17, 15) is 4.79 Å². The lowest BCUT2D eigenvalue weighted by molar-refractivity contribution is 0.262. The number of halogens is 2. The predicted molar refractivity (Wildman–Crippen MR) is 73.3 cm³/mol. The molecule has 0 unspecified atom stereocenters. The molecule has 92 valence electrons. The number of benzene rings is 1. The van der Waals surface area contributed by atoms with Crippen LogP contribution in [0.2, 0.25) is 10.0 Å². The van der Waals surface area contributed by atoms with Gasteiger partial charge in [0.1, 0.15) is 0 Å². The maximum Gasteiger partial charge on any atom is 0.323 e. The molecule has 4 nitrogen and oxygen atoms in total. The van der Waals surface area contributed by atoms with E-state index in [4.69, 9.17) is 23.2 Å². The summed E-state index contributed by atoms with van der Waals surface area (Å²) in [6.07, 6.45) is 3.18. The molecule has 0 bridgehead atoms. The molecule has 0 aliphatic heterocycles. The summed E-state index contributed by atoms with van der Waals surface area (Å²) in [6, 6.07) is 7.95. The van der Waals surface area contributed by atoms with Crippen molar-refractivity contribution in [1.82, 2.24) is 4.98 Å². The SMILES string of the molecule is O=C(Nc1cccnc1)Nc1ccc(Cl)c(Cl)c1. The third kappa shape index (κ3) is 3.35. The average Bonchev–Trinajstić information content (AvgIpc) is 2.35. The highest BCUT2D eigenvalue weighted by atomic mass is 35.5. The van der Waals surface area contributed by atoms with Gasteiger partial charge in [-0.3, -0.25) is 4.98 Å². The highest BCUT2D eigenvalue weighted by molar-refractivity contribution is 6.42. The summed E-state index contributed by atoms with van der Waals surface area (Å²) in [7, 11) is 0. The van der Waals surface area contributed by atoms with Crippen LogP contribution in [-0.4, -0.2) is 11.0 Å². The van der Waals surface area contributed by atoms with Crippen LogP contribution in [0.1, 0.15) is 0 Å². The molecule has 0 aliphatic carbocycles. The molecule has 6 heteroatoms. The fraction of sp³-hybridized carbons (Fsp3) is 0. The first kappa shape index (κ1) is 12.7. The van der Waals surface area contributed by atoms with E-state index < -0.39 is 0 Å². The van der Waals surface area contributed by atoms with Crippen molar-refractivity contribution in [3.8, 4) is 0 Å². The van der Waals surface area contributed by atoms with Crippen molar-refractivity contribution in [1.29, 1.82) is 0 Å². The van der Waals surface area contributed by atoms with E-state index in [2.05, 4.69) is 15.6 Å². The van der Waals surface area contributed by atoms with Crippen LogP contribution in [0.3, 0.4) is 0 Å². The average molecular weight is 282 g/mol. The van der Waals surface area contributed by atoms with Gasteiger partial charge in [0.15, 0.2) is 0 Å². The second-order valence-electron chi connectivity index (χ2n) is 3.45. The zero-order chi connectivity index (χ0) is 13.0. The van der Waals surface area contributed by atoms with E-state index in [1.54, 1.807) is 42.7 Å². The van der Waals surface area contributed by atoms with E-state index in [1.165, 1.54) is 0 Å². The van der Waals surface area contributed by atoms with Crippen molar-refractivity contribution in [2.75, 3.05) is 10.6 Å². The molecule has 0 aliphatic rings. The number of aromatic nitrogens is 1. The zero-order valence-corrected chi connectivity index (χ0v) is 10.7. The monoisotopic (exact) mass is 281 g/mol. The number of pyridine rings is 1. The summed E-state index contributed by atoms with van der Waals surface area (Å²) < 4.78 is 0. The van der Waals surface area contributed by atoms with Crippen LogP contribution in [0, 0.1) is 0 Å². The van der Waals surface area contributed by atoms with Gasteiger partial charge < -0.3 is 10.6 Å². The van der Waals surface area contributed by atoms with Gasteiger partial charge >= 0.3 is 6.03 Å². The fourth-order valence-corrected chi connectivity index (χ4v) is 1.60. The van der Waals surface area contributed by atoms with Gasteiger partial charge in [-0.2, -0.15) is 0 Å². The Kier molecular flexibility index (Phi) is 4.02. The molecule has 18 heavy (non-hydrogen) atoms. The molecule has 0 saturated carbocycles. The van der Waals surface area contributed by atoms with Crippen LogP contribution in [0.25, 0.3) is 0 Å². The van der Waals surface area contributed by atoms with Crippen LogP contribution in [0.5, 0.6) is 0 Å². The van der Waals surface area contributed by atoms with Gasteiger partial charge in [-0.15, -0.1) is 0 Å². The van der Waals surface area contributed by atoms with Crippen LogP contribution in [-0.2, 0) is 0 Å². The summed E-state index contributed by atoms with van der Waals surface area (Å²) in [6.45, 7) is 0. The largest absolute Gasteiger partial charge is 0.323 e. The lowest BCUT2D eigenvalue weighted by atomic mass is 10.3. The van der Waals surface area contributed by atoms with Crippen molar-refractivity contribution < 1.29 is 4.79 Å². The van der Waals surface area contributed by atoms with Gasteiger partial charge in [0.25, 0.3) is 0 Å². The first-order chi connectivity index (χ1) is 8.65. The number of anilines is 2. The Morgan fingerprint density at radius 3 is 2.50 bits per heavy atom. The number of urea groups is 1. The number of hydrogen-bond donors (Lipinski definition) is 2. The first-order valence-corrected chi connectivity index (χ1v) is 5.84. The molecule has 2 aromatic rings. The molecular formula is C12H9Cl2N3O. The maximum atomic E-state index is 11.7. The van der Waals surface area contributed by atoms with Gasteiger partial charge in [-0.1, -0.05) is 23.2 Å². The van der Waals surface area contributed by atoms with Crippen molar-refractivity contribution in [3.05, 3.63) is 52.8 Å². The molecule has 1 aromatic carbocycles. The predicted octanol–water partition coefficient (Wildman–Crippen LogP) is 4.03. The molecule has 0 spiro atoms. The Morgan fingerprint density at radius 1 is 1.06 bits per heavy atom. The summed E-state index contributed by atoms with van der Waals surface area (Å²) in [4.78, 5) is 15.5. The zero-order valence-electron chi connectivity index (χ0n) is 9.15. The molecular weight excluding hydrogens is 273 g/mol. The second kappa shape index (κ2) is 5.71. The van der Waals surface area contributed by atoms with Gasteiger partial charge in [0, 0.05) is 11.9 Å². The third-order valence-electron chi connectivity index (χ3n) is 2.10. The van der Waals surface area contributed by atoms with E-state index in [-0.39, 0.29) is 6.03 Å². The Morgan fingerprint density at radius 2 is 1.83 bits per heavy atom. The Labute approximate surface area is 114 Å². The molecule has 2 rings (SSSR count). The molecule has 1 aromatic heterocycles. The van der Waals surface area contributed by atoms with Crippen LogP contribution in [0.15, 0.2) is 42.7 Å². The van der Waals surface area contributed by atoms with E-state index in [0.717, 1.165) is 0 Å². The lowest BCUT2D eigenvalue weighted by Gasteiger charge is -2.07. The van der Waals surface area contributed by atoms with Crippen molar-refractivity contribution in [2.24, 2.45) is 0 Å². The van der Waals surface area contributed by atoms with Crippen molar-refractivity contribution >= 4 is 40.6 Å².